The highest BCUT2D eigenvalue weighted by Crippen LogP contribution is 2.50. The zero-order valence-corrected chi connectivity index (χ0v) is 19.7. The lowest BCUT2D eigenvalue weighted by atomic mass is 9.85. The summed E-state index contributed by atoms with van der Waals surface area (Å²) in [5.41, 5.74) is 2.90. The molecule has 2 aromatic rings. The summed E-state index contributed by atoms with van der Waals surface area (Å²) in [6.45, 7) is 2.79. The number of anilines is 1. The number of nitro benzene ring substituents is 1. The van der Waals surface area contributed by atoms with Gasteiger partial charge in [0, 0.05) is 35.6 Å². The van der Waals surface area contributed by atoms with Gasteiger partial charge in [0.25, 0.3) is 5.69 Å². The molecule has 3 fully saturated rings. The number of nitrogens with zero attached hydrogens (tertiary/aromatic N) is 3. The van der Waals surface area contributed by atoms with Crippen LogP contribution in [-0.4, -0.2) is 58.8 Å². The van der Waals surface area contributed by atoms with Gasteiger partial charge in [0.15, 0.2) is 5.78 Å². The van der Waals surface area contributed by atoms with E-state index >= 15 is 0 Å². The van der Waals surface area contributed by atoms with Gasteiger partial charge < -0.3 is 9.64 Å². The average Bonchev–Trinajstić information content (AvgIpc) is 3.57. The number of non-ortho nitro benzene ring substituents is 1. The lowest BCUT2D eigenvalue weighted by molar-refractivity contribution is -0.384. The van der Waals surface area contributed by atoms with E-state index in [1.54, 1.807) is 0 Å². The number of carbonyl (C=O) groups excluding carboxylic acids is 3. The van der Waals surface area contributed by atoms with E-state index in [4.69, 9.17) is 4.74 Å². The van der Waals surface area contributed by atoms with Gasteiger partial charge in [-0.15, -0.1) is 0 Å². The zero-order chi connectivity index (χ0) is 25.1. The molecule has 2 amide bonds. The number of likely N-dealkylation sites (tertiary alicyclic amines) is 1. The minimum atomic E-state index is -0.905. The molecule has 0 radical (unpaired) electrons. The maximum Gasteiger partial charge on any atom is 0.269 e. The largest absolute Gasteiger partial charge is 0.376 e. The number of para-hydroxylation sites is 1. The fourth-order valence-corrected chi connectivity index (χ4v) is 6.25. The number of ketones is 1. The van der Waals surface area contributed by atoms with Crippen molar-refractivity contribution < 1.29 is 24.0 Å². The number of Topliss-reactive ketones (excluding diaryl/α,β-unsaturated/α-hetero) is 1. The first kappa shape index (κ1) is 22.6. The van der Waals surface area contributed by atoms with Gasteiger partial charge in [-0.25, -0.2) is 0 Å². The summed E-state index contributed by atoms with van der Waals surface area (Å²) >= 11 is 0. The van der Waals surface area contributed by atoms with Gasteiger partial charge in [-0.2, -0.15) is 0 Å². The van der Waals surface area contributed by atoms with Gasteiger partial charge in [-0.1, -0.05) is 24.3 Å². The molecule has 0 aliphatic carbocycles. The number of benzene rings is 2. The van der Waals surface area contributed by atoms with E-state index < -0.39 is 28.8 Å². The Hall–Kier alpha value is -3.85. The quantitative estimate of drug-likeness (QED) is 0.276. The van der Waals surface area contributed by atoms with Crippen LogP contribution < -0.4 is 4.90 Å². The van der Waals surface area contributed by atoms with Gasteiger partial charge in [-0.3, -0.25) is 29.4 Å². The number of carbonyl (C=O) groups is 3. The van der Waals surface area contributed by atoms with Crippen molar-refractivity contribution in [3.05, 3.63) is 75.8 Å². The molecular weight excluding hydrogens is 462 g/mol. The molecule has 3 saturated heterocycles. The highest BCUT2D eigenvalue weighted by molar-refractivity contribution is 6.14. The maximum atomic E-state index is 14.0. The number of allylic oxidation sites excluding steroid dienone is 1. The molecule has 0 unspecified atom stereocenters. The van der Waals surface area contributed by atoms with Crippen molar-refractivity contribution in [2.45, 2.75) is 38.0 Å². The van der Waals surface area contributed by atoms with Crippen molar-refractivity contribution in [3.8, 4) is 0 Å². The molecule has 0 N–H and O–H groups in total. The molecule has 4 aliphatic heterocycles. The third-order valence-corrected chi connectivity index (χ3v) is 7.89. The standard InChI is InChI=1S/C27H25N3O6/c1-15-13-21-22-23(27(33)28(26(22)32)14-18-5-4-12-36-18)24(29(21)20-7-3-2-6-19(15)20)25(31)16-8-10-17(11-9-16)30(34)35/h2-3,6-11,13,18,21-24H,4-5,12,14H2,1H3/t18-,21-,22-,23-,24+/m0/s1. The number of rotatable bonds is 5. The van der Waals surface area contributed by atoms with Crippen LogP contribution in [0.15, 0.2) is 54.6 Å². The predicted octanol–water partition coefficient (Wildman–Crippen LogP) is 3.23. The third-order valence-electron chi connectivity index (χ3n) is 7.89. The Morgan fingerprint density at radius 2 is 1.81 bits per heavy atom. The zero-order valence-electron chi connectivity index (χ0n) is 19.7. The Labute approximate surface area is 207 Å². The second-order valence-electron chi connectivity index (χ2n) is 9.85. The third kappa shape index (κ3) is 3.30. The van der Waals surface area contributed by atoms with Crippen LogP contribution in [0, 0.1) is 22.0 Å². The van der Waals surface area contributed by atoms with Crippen molar-refractivity contribution in [1.29, 1.82) is 0 Å². The smallest absolute Gasteiger partial charge is 0.269 e. The van der Waals surface area contributed by atoms with Crippen LogP contribution in [0.2, 0.25) is 0 Å². The Bertz CT molecular complexity index is 1310. The van der Waals surface area contributed by atoms with Crippen molar-refractivity contribution in [2.24, 2.45) is 11.8 Å². The first-order valence-electron chi connectivity index (χ1n) is 12.2. The van der Waals surface area contributed by atoms with E-state index in [9.17, 15) is 24.5 Å². The molecular formula is C27H25N3O6. The van der Waals surface area contributed by atoms with Crippen LogP contribution in [0.5, 0.6) is 0 Å². The number of nitro groups is 1. The first-order valence-corrected chi connectivity index (χ1v) is 12.2. The Morgan fingerprint density at radius 3 is 2.50 bits per heavy atom. The second-order valence-corrected chi connectivity index (χ2v) is 9.85. The van der Waals surface area contributed by atoms with E-state index in [2.05, 4.69) is 0 Å². The van der Waals surface area contributed by atoms with E-state index in [1.165, 1.54) is 29.2 Å². The SMILES string of the molecule is CC1=C[C@H]2[C@@H]3C(=O)N(C[C@@H]4CCCO4)C(=O)[C@@H]3[C@H](C(=O)c3ccc([N+](=O)[O-])cc3)N2c2ccccc21. The minimum absolute atomic E-state index is 0.120. The monoisotopic (exact) mass is 487 g/mol. The number of hydrogen-bond acceptors (Lipinski definition) is 7. The summed E-state index contributed by atoms with van der Waals surface area (Å²) in [4.78, 5) is 55.2. The fourth-order valence-electron chi connectivity index (χ4n) is 6.25. The molecule has 9 nitrogen and oxygen atoms in total. The highest BCUT2D eigenvalue weighted by Gasteiger charge is 2.64. The van der Waals surface area contributed by atoms with E-state index in [0.717, 1.165) is 29.7 Å². The van der Waals surface area contributed by atoms with Crippen LogP contribution in [0.25, 0.3) is 5.57 Å². The van der Waals surface area contributed by atoms with Crippen LogP contribution >= 0.6 is 0 Å². The average molecular weight is 488 g/mol. The van der Waals surface area contributed by atoms with E-state index in [0.29, 0.717) is 6.61 Å². The second kappa shape index (κ2) is 8.37. The molecule has 6 rings (SSSR count). The lowest BCUT2D eigenvalue weighted by Crippen LogP contribution is -2.49. The summed E-state index contributed by atoms with van der Waals surface area (Å²) in [5.74, 6) is -2.47. The number of hydrogen-bond donors (Lipinski definition) is 0. The molecule has 9 heteroatoms. The molecule has 184 valence electrons. The summed E-state index contributed by atoms with van der Waals surface area (Å²) < 4.78 is 5.69. The Morgan fingerprint density at radius 1 is 1.08 bits per heavy atom. The minimum Gasteiger partial charge on any atom is -0.376 e. The number of fused-ring (bicyclic) bond motifs is 5. The molecule has 5 atom stereocenters. The molecule has 4 heterocycles. The van der Waals surface area contributed by atoms with E-state index in [1.807, 2.05) is 42.2 Å². The summed E-state index contributed by atoms with van der Waals surface area (Å²) in [6, 6.07) is 11.7. The number of ether oxygens (including phenoxy) is 1. The van der Waals surface area contributed by atoms with Crippen LogP contribution in [0.1, 0.15) is 35.7 Å². The van der Waals surface area contributed by atoms with Crippen molar-refractivity contribution >= 4 is 34.5 Å². The summed E-state index contributed by atoms with van der Waals surface area (Å²) in [7, 11) is 0. The summed E-state index contributed by atoms with van der Waals surface area (Å²) in [5, 5.41) is 11.1. The topological polar surface area (TPSA) is 110 Å². The Balaban J connectivity index is 1.44. The maximum absolute atomic E-state index is 14.0. The van der Waals surface area contributed by atoms with Gasteiger partial charge in [0.2, 0.25) is 11.8 Å². The Kier molecular flexibility index (Phi) is 5.26. The van der Waals surface area contributed by atoms with Crippen molar-refractivity contribution in [2.75, 3.05) is 18.1 Å². The molecule has 0 aromatic heterocycles. The molecule has 0 saturated carbocycles. The van der Waals surface area contributed by atoms with E-state index in [-0.39, 0.29) is 41.5 Å². The molecule has 2 aromatic carbocycles. The first-order chi connectivity index (χ1) is 17.4. The van der Waals surface area contributed by atoms with Gasteiger partial charge >= 0.3 is 0 Å². The van der Waals surface area contributed by atoms with Gasteiger partial charge in [0.05, 0.1) is 35.4 Å². The summed E-state index contributed by atoms with van der Waals surface area (Å²) in [6.07, 6.45) is 3.49. The molecule has 0 spiro atoms. The van der Waals surface area contributed by atoms with Crippen molar-refractivity contribution in [1.82, 2.24) is 4.90 Å². The lowest BCUT2D eigenvalue weighted by Gasteiger charge is -2.38. The normalized spacial score (nSPS) is 28.6. The van der Waals surface area contributed by atoms with Gasteiger partial charge in [0.1, 0.15) is 6.04 Å². The predicted molar refractivity (Wildman–Crippen MR) is 130 cm³/mol. The molecule has 0 bridgehead atoms. The molecule has 36 heavy (non-hydrogen) atoms. The fraction of sp³-hybridized carbons (Fsp3) is 0.370. The van der Waals surface area contributed by atoms with Gasteiger partial charge in [-0.05, 0) is 43.5 Å². The van der Waals surface area contributed by atoms with Crippen LogP contribution in [-0.2, 0) is 14.3 Å². The molecule has 4 aliphatic rings. The van der Waals surface area contributed by atoms with Crippen LogP contribution in [0.4, 0.5) is 11.4 Å². The number of amides is 2. The highest BCUT2D eigenvalue weighted by atomic mass is 16.6. The van der Waals surface area contributed by atoms with Crippen molar-refractivity contribution in [3.63, 3.8) is 0 Å². The number of imide groups is 1. The van der Waals surface area contributed by atoms with Crippen LogP contribution in [0.3, 0.4) is 0 Å².